The molecule has 9 heteroatoms. The number of fused-ring (bicyclic) bond motifs is 2. The SMILES string of the molecule is CNC1Cc2ccc(-c3cnc4c(=O)n(CC5(O)CCN(C(=O)C[C@@H](C)c6ccccc6)CC5)cnn34)cc2C1. The molecule has 6 rings (SSSR count). The summed E-state index contributed by atoms with van der Waals surface area (Å²) in [6.45, 7) is 3.10. The summed E-state index contributed by atoms with van der Waals surface area (Å²) in [5, 5.41) is 19.2. The highest BCUT2D eigenvalue weighted by Crippen LogP contribution is 2.29. The normalized spacial score (nSPS) is 19.1. The van der Waals surface area contributed by atoms with Crippen LogP contribution in [0.5, 0.6) is 0 Å². The third-order valence-electron chi connectivity index (χ3n) is 8.70. The lowest BCUT2D eigenvalue weighted by molar-refractivity contribution is -0.136. The number of hydrogen-bond donors (Lipinski definition) is 2. The second kappa shape index (κ2) is 10.6. The van der Waals surface area contributed by atoms with Gasteiger partial charge in [0.2, 0.25) is 11.6 Å². The Hall–Kier alpha value is -3.82. The minimum atomic E-state index is -1.09. The number of likely N-dealkylation sites (N-methyl/N-ethyl adjacent to an activating group) is 1. The number of nitrogens with zero attached hydrogens (tertiary/aromatic N) is 5. The molecule has 2 atom stereocenters. The van der Waals surface area contributed by atoms with Crippen molar-refractivity contribution >= 4 is 11.6 Å². The quantitative estimate of drug-likeness (QED) is 0.374. The number of nitrogens with one attached hydrogen (secondary N) is 1. The molecule has 2 aromatic heterocycles. The lowest BCUT2D eigenvalue weighted by Gasteiger charge is -2.38. The summed E-state index contributed by atoms with van der Waals surface area (Å²) in [4.78, 5) is 32.5. The second-order valence-electron chi connectivity index (χ2n) is 11.4. The highest BCUT2D eigenvalue weighted by Gasteiger charge is 2.35. The largest absolute Gasteiger partial charge is 0.388 e. The zero-order chi connectivity index (χ0) is 27.9. The van der Waals surface area contributed by atoms with Gasteiger partial charge in [0.1, 0.15) is 6.33 Å². The second-order valence-corrected chi connectivity index (χ2v) is 11.4. The Kier molecular flexibility index (Phi) is 7.02. The minimum absolute atomic E-state index is 0.0941. The topological polar surface area (TPSA) is 105 Å². The van der Waals surface area contributed by atoms with E-state index >= 15 is 0 Å². The number of carbonyl (C=O) groups excluding carboxylic acids is 1. The lowest BCUT2D eigenvalue weighted by Crippen LogP contribution is -2.50. The first-order valence-electron chi connectivity index (χ1n) is 14.1. The number of likely N-dealkylation sites (tertiary alicyclic amines) is 1. The number of amides is 1. The van der Waals surface area contributed by atoms with Gasteiger partial charge in [0, 0.05) is 31.1 Å². The van der Waals surface area contributed by atoms with Gasteiger partial charge in [-0.25, -0.2) is 9.50 Å². The van der Waals surface area contributed by atoms with Gasteiger partial charge in [0.25, 0.3) is 5.56 Å². The Morgan fingerprint density at radius 1 is 1.12 bits per heavy atom. The molecule has 0 saturated carbocycles. The zero-order valence-electron chi connectivity index (χ0n) is 23.1. The molecule has 40 heavy (non-hydrogen) atoms. The maximum atomic E-state index is 13.3. The fraction of sp³-hybridized carbons (Fsp3) is 0.419. The number of aliphatic hydroxyl groups is 1. The van der Waals surface area contributed by atoms with Gasteiger partial charge in [-0.3, -0.25) is 14.2 Å². The molecule has 1 amide bonds. The first kappa shape index (κ1) is 26.4. The third-order valence-corrected chi connectivity index (χ3v) is 8.70. The number of imidazole rings is 1. The molecule has 9 nitrogen and oxygen atoms in total. The van der Waals surface area contributed by atoms with Crippen LogP contribution in [-0.2, 0) is 24.2 Å². The highest BCUT2D eigenvalue weighted by atomic mass is 16.3. The molecule has 0 radical (unpaired) electrons. The van der Waals surface area contributed by atoms with Crippen LogP contribution < -0.4 is 10.9 Å². The first-order chi connectivity index (χ1) is 19.3. The van der Waals surface area contributed by atoms with Gasteiger partial charge in [0.15, 0.2) is 0 Å². The van der Waals surface area contributed by atoms with Crippen LogP contribution >= 0.6 is 0 Å². The molecule has 1 fully saturated rings. The molecule has 1 aliphatic carbocycles. The number of carbonyl (C=O) groups is 1. The molecule has 0 bridgehead atoms. The smallest absolute Gasteiger partial charge is 0.296 e. The van der Waals surface area contributed by atoms with E-state index < -0.39 is 5.60 Å². The molecular weight excluding hydrogens is 504 g/mol. The van der Waals surface area contributed by atoms with Crippen molar-refractivity contribution in [2.45, 2.75) is 63.1 Å². The molecule has 2 aliphatic rings. The number of piperidine rings is 1. The van der Waals surface area contributed by atoms with E-state index in [-0.39, 0.29) is 29.6 Å². The van der Waals surface area contributed by atoms with Crippen LogP contribution in [0.1, 0.15) is 48.8 Å². The first-order valence-corrected chi connectivity index (χ1v) is 14.1. The van der Waals surface area contributed by atoms with Crippen molar-refractivity contribution in [2.75, 3.05) is 20.1 Å². The summed E-state index contributed by atoms with van der Waals surface area (Å²) in [6.07, 6.45) is 6.41. The number of aromatic nitrogens is 4. The third kappa shape index (κ3) is 5.07. The summed E-state index contributed by atoms with van der Waals surface area (Å²) < 4.78 is 3.03. The molecule has 2 N–H and O–H groups in total. The standard InChI is InChI=1S/C31H36N6O3/c1-21(22-6-4-3-5-7-22)14-28(38)35-12-10-31(40,11-13-35)19-36-20-34-37-27(18-33-29(37)30(36)39)24-9-8-23-16-26(32-2)17-25(23)15-24/h3-9,15,18,20-21,26,32,40H,10-14,16-17,19H2,1-2H3/t21-,26?/m1/s1. The Morgan fingerprint density at radius 2 is 1.88 bits per heavy atom. The Morgan fingerprint density at radius 3 is 2.62 bits per heavy atom. The van der Waals surface area contributed by atoms with Crippen LogP contribution in [0, 0.1) is 0 Å². The van der Waals surface area contributed by atoms with Crippen LogP contribution in [0.3, 0.4) is 0 Å². The van der Waals surface area contributed by atoms with Crippen molar-refractivity contribution in [3.8, 4) is 11.3 Å². The number of rotatable bonds is 7. The van der Waals surface area contributed by atoms with Crippen molar-refractivity contribution in [3.63, 3.8) is 0 Å². The molecule has 3 heterocycles. The number of hydrogen-bond acceptors (Lipinski definition) is 6. The van der Waals surface area contributed by atoms with Crippen LogP contribution in [0.25, 0.3) is 16.9 Å². The van der Waals surface area contributed by atoms with E-state index in [1.165, 1.54) is 22.0 Å². The summed E-state index contributed by atoms with van der Waals surface area (Å²) in [5.41, 5.74) is 4.40. The van der Waals surface area contributed by atoms with E-state index in [9.17, 15) is 14.7 Å². The average Bonchev–Trinajstić information content (AvgIpc) is 3.59. The number of benzene rings is 2. The van der Waals surface area contributed by atoms with Gasteiger partial charge < -0.3 is 15.3 Å². The average molecular weight is 541 g/mol. The van der Waals surface area contributed by atoms with Gasteiger partial charge in [-0.05, 0) is 61.4 Å². The van der Waals surface area contributed by atoms with E-state index in [1.807, 2.05) is 42.3 Å². The highest BCUT2D eigenvalue weighted by molar-refractivity contribution is 5.77. The van der Waals surface area contributed by atoms with Crippen LogP contribution in [-0.4, -0.2) is 66.9 Å². The van der Waals surface area contributed by atoms with Gasteiger partial charge in [-0.15, -0.1) is 0 Å². The predicted molar refractivity (Wildman–Crippen MR) is 153 cm³/mol. The van der Waals surface area contributed by atoms with E-state index in [1.54, 1.807) is 10.7 Å². The molecule has 4 aromatic rings. The molecule has 208 valence electrons. The molecule has 1 aliphatic heterocycles. The Balaban J connectivity index is 1.13. The maximum absolute atomic E-state index is 13.3. The van der Waals surface area contributed by atoms with Crippen molar-refractivity contribution in [1.29, 1.82) is 0 Å². The van der Waals surface area contributed by atoms with Gasteiger partial charge >= 0.3 is 0 Å². The van der Waals surface area contributed by atoms with Crippen LogP contribution in [0.4, 0.5) is 0 Å². The molecule has 2 aromatic carbocycles. The van der Waals surface area contributed by atoms with E-state index in [0.717, 1.165) is 29.7 Å². The van der Waals surface area contributed by atoms with E-state index in [0.29, 0.717) is 38.4 Å². The van der Waals surface area contributed by atoms with Gasteiger partial charge in [-0.2, -0.15) is 5.10 Å². The summed E-state index contributed by atoms with van der Waals surface area (Å²) in [6, 6.07) is 16.9. The van der Waals surface area contributed by atoms with E-state index in [2.05, 4.69) is 40.5 Å². The van der Waals surface area contributed by atoms with Gasteiger partial charge in [0.05, 0.1) is 24.0 Å². The summed E-state index contributed by atoms with van der Waals surface area (Å²) in [5.74, 6) is 0.226. The van der Waals surface area contributed by atoms with Crippen molar-refractivity contribution in [2.24, 2.45) is 0 Å². The lowest BCUT2D eigenvalue weighted by atomic mass is 9.90. The predicted octanol–water partition coefficient (Wildman–Crippen LogP) is 2.79. The summed E-state index contributed by atoms with van der Waals surface area (Å²) >= 11 is 0. The molecule has 1 saturated heterocycles. The fourth-order valence-corrected chi connectivity index (χ4v) is 6.13. The fourth-order valence-electron chi connectivity index (χ4n) is 6.13. The molecule has 1 unspecified atom stereocenters. The van der Waals surface area contributed by atoms with Gasteiger partial charge in [-0.1, -0.05) is 49.4 Å². The zero-order valence-corrected chi connectivity index (χ0v) is 23.1. The van der Waals surface area contributed by atoms with Crippen molar-refractivity contribution in [1.82, 2.24) is 29.4 Å². The minimum Gasteiger partial charge on any atom is -0.388 e. The van der Waals surface area contributed by atoms with Crippen LogP contribution in [0.2, 0.25) is 0 Å². The van der Waals surface area contributed by atoms with Crippen molar-refractivity contribution < 1.29 is 9.90 Å². The summed E-state index contributed by atoms with van der Waals surface area (Å²) in [7, 11) is 1.99. The van der Waals surface area contributed by atoms with E-state index in [4.69, 9.17) is 0 Å². The van der Waals surface area contributed by atoms with Crippen molar-refractivity contribution in [3.05, 3.63) is 88.1 Å². The van der Waals surface area contributed by atoms with Crippen LogP contribution in [0.15, 0.2) is 65.8 Å². The monoisotopic (exact) mass is 540 g/mol. The molecule has 0 spiro atoms. The molecular formula is C31H36N6O3. The maximum Gasteiger partial charge on any atom is 0.296 e. The Bertz CT molecular complexity index is 1590. The Labute approximate surface area is 233 Å².